The molecule has 6 heteroatoms. The van der Waals surface area contributed by atoms with Crippen LogP contribution < -0.4 is 5.32 Å². The van der Waals surface area contributed by atoms with Gasteiger partial charge in [0.05, 0.1) is 38.1 Å². The van der Waals surface area contributed by atoms with Gasteiger partial charge in [-0.05, 0) is 56.9 Å². The van der Waals surface area contributed by atoms with Crippen molar-refractivity contribution >= 4 is 5.91 Å². The molecule has 3 N–H and O–H groups in total. The van der Waals surface area contributed by atoms with Gasteiger partial charge in [-0.15, -0.1) is 6.58 Å². The van der Waals surface area contributed by atoms with Crippen LogP contribution in [-0.4, -0.2) is 54.2 Å². The van der Waals surface area contributed by atoms with Crippen LogP contribution in [0.4, 0.5) is 0 Å². The molecule has 2 aromatic rings. The molecule has 182 valence electrons. The Kier molecular flexibility index (Phi) is 14.5. The zero-order valence-corrected chi connectivity index (χ0v) is 20.1. The number of phenolic OH excluding ortho intramolecular Hbond substituents is 1. The van der Waals surface area contributed by atoms with E-state index in [1.54, 1.807) is 25.1 Å². The topological polar surface area (TPSA) is 88.0 Å². The molecule has 0 saturated carbocycles. The molecule has 0 unspecified atom stereocenters. The van der Waals surface area contributed by atoms with E-state index in [-0.39, 0.29) is 30.4 Å². The van der Waals surface area contributed by atoms with Gasteiger partial charge in [0.15, 0.2) is 0 Å². The second kappa shape index (κ2) is 16.9. The zero-order valence-electron chi connectivity index (χ0n) is 20.1. The van der Waals surface area contributed by atoms with Gasteiger partial charge in [0.1, 0.15) is 5.75 Å². The number of aliphatic hydroxyl groups excluding tert-OH is 1. The van der Waals surface area contributed by atoms with Gasteiger partial charge >= 0.3 is 0 Å². The minimum Gasteiger partial charge on any atom is -0.508 e. The number of benzene rings is 2. The van der Waals surface area contributed by atoms with Gasteiger partial charge < -0.3 is 25.0 Å². The minimum absolute atomic E-state index is 0.0235. The first-order valence-electron chi connectivity index (χ1n) is 11.4. The van der Waals surface area contributed by atoms with Gasteiger partial charge in [-0.1, -0.05) is 48.5 Å². The van der Waals surface area contributed by atoms with Crippen molar-refractivity contribution in [1.82, 2.24) is 5.32 Å². The highest BCUT2D eigenvalue weighted by atomic mass is 16.5. The summed E-state index contributed by atoms with van der Waals surface area (Å²) in [4.78, 5) is 12.5. The maximum Gasteiger partial charge on any atom is 0.220 e. The number of carbonyl (C=O) groups excluding carboxylic acids is 1. The van der Waals surface area contributed by atoms with Crippen molar-refractivity contribution in [3.63, 3.8) is 0 Å². The number of hydrogen-bond donors (Lipinski definition) is 3. The van der Waals surface area contributed by atoms with Crippen LogP contribution in [0.1, 0.15) is 38.3 Å². The molecular weight excluding hydrogens is 418 g/mol. The van der Waals surface area contributed by atoms with E-state index >= 15 is 0 Å². The maximum atomic E-state index is 12.5. The van der Waals surface area contributed by atoms with Crippen molar-refractivity contribution in [3.8, 4) is 5.75 Å². The molecule has 0 aliphatic carbocycles. The van der Waals surface area contributed by atoms with E-state index in [4.69, 9.17) is 9.47 Å². The lowest BCUT2D eigenvalue weighted by atomic mass is 10.1. The summed E-state index contributed by atoms with van der Waals surface area (Å²) in [7, 11) is 0. The number of ether oxygens (including phenoxy) is 2. The molecule has 0 spiro atoms. The van der Waals surface area contributed by atoms with Gasteiger partial charge in [0.25, 0.3) is 0 Å². The highest BCUT2D eigenvalue weighted by molar-refractivity contribution is 5.76. The van der Waals surface area contributed by atoms with E-state index in [0.717, 1.165) is 11.1 Å². The quantitative estimate of drug-likeness (QED) is 0.395. The van der Waals surface area contributed by atoms with Gasteiger partial charge in [0.2, 0.25) is 5.91 Å². The molecule has 0 saturated heterocycles. The number of aryl methyl sites for hydroxylation is 1. The van der Waals surface area contributed by atoms with Crippen LogP contribution in [0, 0.1) is 0 Å². The molecule has 0 bridgehead atoms. The molecule has 0 aromatic heterocycles. The number of hydrogen-bond acceptors (Lipinski definition) is 5. The van der Waals surface area contributed by atoms with Crippen molar-refractivity contribution in [2.45, 2.75) is 58.3 Å². The largest absolute Gasteiger partial charge is 0.508 e. The molecule has 0 aliphatic rings. The van der Waals surface area contributed by atoms with Crippen LogP contribution in [0.3, 0.4) is 0 Å². The Morgan fingerprint density at radius 3 is 2.27 bits per heavy atom. The lowest BCUT2D eigenvalue weighted by molar-refractivity contribution is -0.122. The molecule has 0 radical (unpaired) electrons. The van der Waals surface area contributed by atoms with Crippen LogP contribution in [0.15, 0.2) is 67.3 Å². The van der Waals surface area contributed by atoms with E-state index in [1.165, 1.54) is 0 Å². The maximum absolute atomic E-state index is 12.5. The number of aromatic hydroxyl groups is 1. The molecule has 0 fully saturated rings. The standard InChI is InChI=1S/C24H33NO5.C3H6/c1-18(26)15-30-19(2)16-29-17-22(14-21-8-11-23(27)12-9-21)25-24(28)13-10-20-6-4-3-5-7-20;1-3-2/h3-9,11-12,18-19,22,26-27H,10,13-17H2,1-2H3,(H,25,28);3H,1H2,2H3/t18-,19+,22-;/m1./s1. The number of aliphatic hydroxyl groups is 1. The van der Waals surface area contributed by atoms with Crippen LogP contribution in [0.25, 0.3) is 0 Å². The number of rotatable bonds is 13. The molecule has 33 heavy (non-hydrogen) atoms. The molecule has 0 heterocycles. The van der Waals surface area contributed by atoms with Crippen LogP contribution in [-0.2, 0) is 27.1 Å². The molecule has 1 amide bonds. The van der Waals surface area contributed by atoms with Crippen molar-refractivity contribution in [2.24, 2.45) is 0 Å². The Morgan fingerprint density at radius 1 is 1.03 bits per heavy atom. The first-order chi connectivity index (χ1) is 15.8. The normalized spacial score (nSPS) is 13.2. The SMILES string of the molecule is C=CC.C[C@@H](O)CO[C@@H](C)COC[C@@H](Cc1ccc(O)cc1)NC(=O)CCc1ccccc1. The van der Waals surface area contributed by atoms with Gasteiger partial charge in [-0.2, -0.15) is 0 Å². The van der Waals surface area contributed by atoms with Crippen molar-refractivity contribution in [3.05, 3.63) is 78.4 Å². The predicted octanol–water partition coefficient (Wildman–Crippen LogP) is 4.05. The highest BCUT2D eigenvalue weighted by Crippen LogP contribution is 2.12. The molecular formula is C27H39NO5. The summed E-state index contributed by atoms with van der Waals surface area (Å²) in [5.74, 6) is 0.187. The average molecular weight is 458 g/mol. The molecule has 3 atom stereocenters. The van der Waals surface area contributed by atoms with E-state index in [0.29, 0.717) is 32.5 Å². The summed E-state index contributed by atoms with van der Waals surface area (Å²) < 4.78 is 11.3. The van der Waals surface area contributed by atoms with E-state index in [1.807, 2.05) is 56.3 Å². The third-order valence-corrected chi connectivity index (χ3v) is 4.56. The van der Waals surface area contributed by atoms with Crippen LogP contribution in [0.5, 0.6) is 5.75 Å². The first-order valence-corrected chi connectivity index (χ1v) is 11.4. The molecule has 2 rings (SSSR count). The highest BCUT2D eigenvalue weighted by Gasteiger charge is 2.15. The summed E-state index contributed by atoms with van der Waals surface area (Å²) in [5, 5.41) is 21.8. The van der Waals surface area contributed by atoms with Crippen molar-refractivity contribution in [2.75, 3.05) is 19.8 Å². The number of nitrogens with one attached hydrogen (secondary N) is 1. The van der Waals surface area contributed by atoms with Gasteiger partial charge in [0, 0.05) is 6.42 Å². The lowest BCUT2D eigenvalue weighted by Gasteiger charge is -2.21. The number of carbonyl (C=O) groups is 1. The van der Waals surface area contributed by atoms with Crippen LogP contribution >= 0.6 is 0 Å². The average Bonchev–Trinajstić information content (AvgIpc) is 2.79. The Balaban J connectivity index is 0.00000172. The fraction of sp³-hybridized carbons (Fsp3) is 0.444. The molecule has 6 nitrogen and oxygen atoms in total. The zero-order chi connectivity index (χ0) is 24.5. The molecule has 0 aliphatic heterocycles. The van der Waals surface area contributed by atoms with Crippen molar-refractivity contribution in [1.29, 1.82) is 0 Å². The Bertz CT molecular complexity index is 777. The van der Waals surface area contributed by atoms with Crippen molar-refractivity contribution < 1.29 is 24.5 Å². The Hall–Kier alpha value is -2.67. The number of amides is 1. The predicted molar refractivity (Wildman–Crippen MR) is 132 cm³/mol. The summed E-state index contributed by atoms with van der Waals surface area (Å²) in [5.41, 5.74) is 2.13. The fourth-order valence-electron chi connectivity index (χ4n) is 3.00. The number of phenols is 1. The number of allylic oxidation sites excluding steroid dienone is 1. The van der Waals surface area contributed by atoms with Crippen LogP contribution in [0.2, 0.25) is 0 Å². The first kappa shape index (κ1) is 28.4. The summed E-state index contributed by atoms with van der Waals surface area (Å²) >= 11 is 0. The second-order valence-electron chi connectivity index (χ2n) is 8.06. The minimum atomic E-state index is -0.515. The van der Waals surface area contributed by atoms with Gasteiger partial charge in [-0.25, -0.2) is 0 Å². The summed E-state index contributed by atoms with van der Waals surface area (Å²) in [6, 6.07) is 16.7. The Morgan fingerprint density at radius 2 is 1.67 bits per heavy atom. The third-order valence-electron chi connectivity index (χ3n) is 4.56. The smallest absolute Gasteiger partial charge is 0.220 e. The summed E-state index contributed by atoms with van der Waals surface area (Å²) in [6.07, 6.45) is 2.77. The van der Waals surface area contributed by atoms with Gasteiger partial charge in [-0.3, -0.25) is 4.79 Å². The van der Waals surface area contributed by atoms with E-state index in [2.05, 4.69) is 11.9 Å². The Labute approximate surface area is 198 Å². The molecule has 2 aromatic carbocycles. The third kappa shape index (κ3) is 14.2. The fourth-order valence-corrected chi connectivity index (χ4v) is 3.00. The monoisotopic (exact) mass is 457 g/mol. The second-order valence-corrected chi connectivity index (χ2v) is 8.06. The summed E-state index contributed by atoms with van der Waals surface area (Å²) in [6.45, 7) is 9.79. The van der Waals surface area contributed by atoms with E-state index in [9.17, 15) is 15.0 Å². The lowest BCUT2D eigenvalue weighted by Crippen LogP contribution is -2.40. The van der Waals surface area contributed by atoms with E-state index < -0.39 is 6.10 Å².